The highest BCUT2D eigenvalue weighted by molar-refractivity contribution is 9.11. The van der Waals surface area contributed by atoms with Gasteiger partial charge in [0.05, 0.1) is 30.9 Å². The average Bonchev–Trinajstić information content (AvgIpc) is 3.22. The Bertz CT molecular complexity index is 1030. The molecule has 1 aromatic heterocycles. The molecule has 0 bridgehead atoms. The maximum atomic E-state index is 10.9. The largest absolute Gasteiger partial charge is 0.491 e. The van der Waals surface area contributed by atoms with Crippen LogP contribution in [0.3, 0.4) is 0 Å². The van der Waals surface area contributed by atoms with E-state index in [1.54, 1.807) is 0 Å². The van der Waals surface area contributed by atoms with Gasteiger partial charge in [-0.2, -0.15) is 0 Å². The van der Waals surface area contributed by atoms with Crippen molar-refractivity contribution >= 4 is 64.7 Å². The highest BCUT2D eigenvalue weighted by atomic mass is 79.9. The number of halogens is 2. The van der Waals surface area contributed by atoms with Gasteiger partial charge < -0.3 is 9.64 Å². The van der Waals surface area contributed by atoms with E-state index in [-0.39, 0.29) is 5.69 Å². The number of non-ortho nitro benzene ring substituents is 1. The first-order valence-electron chi connectivity index (χ1n) is 9.72. The van der Waals surface area contributed by atoms with E-state index in [1.807, 2.05) is 11.3 Å². The van der Waals surface area contributed by atoms with Crippen LogP contribution in [-0.4, -0.2) is 49.2 Å². The van der Waals surface area contributed by atoms with Gasteiger partial charge in [-0.25, -0.2) is 0 Å². The van der Waals surface area contributed by atoms with Crippen molar-refractivity contribution in [1.29, 1.82) is 0 Å². The van der Waals surface area contributed by atoms with Crippen LogP contribution in [0.5, 0.6) is 5.75 Å². The van der Waals surface area contributed by atoms with Gasteiger partial charge in [-0.1, -0.05) is 12.1 Å². The van der Waals surface area contributed by atoms with Crippen molar-refractivity contribution in [3.63, 3.8) is 0 Å². The Hall–Kier alpha value is -1.68. The number of thiophene rings is 1. The first kappa shape index (κ1) is 21.5. The maximum Gasteiger partial charge on any atom is 0.271 e. The number of fused-ring (bicyclic) bond motifs is 1. The van der Waals surface area contributed by atoms with E-state index in [2.05, 4.69) is 71.3 Å². The SMILES string of the molecule is O=[N+]([O-])c1cc(Br)c(OCCCN2CCN(c3cccc4ccsc34)CC2)c(Br)c1. The Kier molecular flexibility index (Phi) is 6.92. The summed E-state index contributed by atoms with van der Waals surface area (Å²) < 4.78 is 8.41. The number of benzene rings is 2. The van der Waals surface area contributed by atoms with Crippen LogP contribution in [0.15, 0.2) is 50.7 Å². The monoisotopic (exact) mass is 553 g/mol. The Morgan fingerprint density at radius 2 is 1.83 bits per heavy atom. The van der Waals surface area contributed by atoms with Crippen LogP contribution < -0.4 is 9.64 Å². The van der Waals surface area contributed by atoms with Crippen LogP contribution in [0, 0.1) is 10.1 Å². The molecule has 2 heterocycles. The summed E-state index contributed by atoms with van der Waals surface area (Å²) in [5.41, 5.74) is 1.37. The molecule has 0 aliphatic carbocycles. The quantitative estimate of drug-likeness (QED) is 0.206. The molecule has 30 heavy (non-hydrogen) atoms. The number of rotatable bonds is 7. The molecule has 0 N–H and O–H groups in total. The number of nitro groups is 1. The van der Waals surface area contributed by atoms with E-state index >= 15 is 0 Å². The molecule has 0 saturated carbocycles. The Morgan fingerprint density at radius 1 is 1.10 bits per heavy atom. The molecule has 158 valence electrons. The molecule has 0 radical (unpaired) electrons. The molecule has 0 unspecified atom stereocenters. The fourth-order valence-corrected chi connectivity index (χ4v) is 6.02. The molecule has 1 aliphatic heterocycles. The fraction of sp³-hybridized carbons (Fsp3) is 0.333. The highest BCUT2D eigenvalue weighted by Crippen LogP contribution is 2.37. The summed E-state index contributed by atoms with van der Waals surface area (Å²) >= 11 is 8.54. The van der Waals surface area contributed by atoms with Crippen LogP contribution in [0.4, 0.5) is 11.4 Å². The number of piperazine rings is 1. The minimum atomic E-state index is -0.419. The van der Waals surface area contributed by atoms with Crippen molar-refractivity contribution in [3.8, 4) is 5.75 Å². The Labute approximate surface area is 195 Å². The lowest BCUT2D eigenvalue weighted by Gasteiger charge is -2.36. The lowest BCUT2D eigenvalue weighted by atomic mass is 10.2. The highest BCUT2D eigenvalue weighted by Gasteiger charge is 2.19. The summed E-state index contributed by atoms with van der Waals surface area (Å²) in [5.74, 6) is 0.606. The van der Waals surface area contributed by atoms with Crippen LogP contribution in [0.2, 0.25) is 0 Å². The molecule has 9 heteroatoms. The third-order valence-electron chi connectivity index (χ3n) is 5.23. The third kappa shape index (κ3) is 4.80. The second kappa shape index (κ2) is 9.64. The molecule has 2 aromatic carbocycles. The van der Waals surface area contributed by atoms with Gasteiger partial charge in [0.2, 0.25) is 0 Å². The van der Waals surface area contributed by atoms with Gasteiger partial charge >= 0.3 is 0 Å². The minimum Gasteiger partial charge on any atom is -0.491 e. The van der Waals surface area contributed by atoms with Gasteiger partial charge in [-0.05, 0) is 61.2 Å². The first-order chi connectivity index (χ1) is 14.5. The second-order valence-corrected chi connectivity index (χ2v) is 9.77. The molecule has 3 aromatic rings. The molecule has 0 spiro atoms. The molecule has 6 nitrogen and oxygen atoms in total. The Balaban J connectivity index is 1.25. The maximum absolute atomic E-state index is 10.9. The molecule has 4 rings (SSSR count). The average molecular weight is 555 g/mol. The van der Waals surface area contributed by atoms with Gasteiger partial charge in [0.15, 0.2) is 0 Å². The zero-order chi connectivity index (χ0) is 21.1. The summed E-state index contributed by atoms with van der Waals surface area (Å²) in [6.07, 6.45) is 0.899. The topological polar surface area (TPSA) is 58.9 Å². The number of ether oxygens (including phenoxy) is 1. The summed E-state index contributed by atoms with van der Waals surface area (Å²) in [5, 5.41) is 14.4. The predicted octanol–water partition coefficient (Wildman–Crippen LogP) is 5.93. The zero-order valence-corrected chi connectivity index (χ0v) is 20.2. The van der Waals surface area contributed by atoms with Crippen molar-refractivity contribution in [2.45, 2.75) is 6.42 Å². The first-order valence-corrected chi connectivity index (χ1v) is 12.2. The third-order valence-corrected chi connectivity index (χ3v) is 7.36. The number of nitrogens with zero attached hydrogens (tertiary/aromatic N) is 3. The normalized spacial score (nSPS) is 14.9. The van der Waals surface area contributed by atoms with E-state index in [0.29, 0.717) is 21.3 Å². The Morgan fingerprint density at radius 3 is 2.53 bits per heavy atom. The predicted molar refractivity (Wildman–Crippen MR) is 129 cm³/mol. The molecule has 0 amide bonds. The summed E-state index contributed by atoms with van der Waals surface area (Å²) in [6, 6.07) is 11.7. The summed E-state index contributed by atoms with van der Waals surface area (Å²) in [4.78, 5) is 15.5. The molecule has 1 aliphatic rings. The van der Waals surface area contributed by atoms with E-state index in [4.69, 9.17) is 4.74 Å². The summed E-state index contributed by atoms with van der Waals surface area (Å²) in [6.45, 7) is 5.65. The molecule has 1 fully saturated rings. The number of anilines is 1. The second-order valence-electron chi connectivity index (χ2n) is 7.14. The van der Waals surface area contributed by atoms with Gasteiger partial charge in [0.1, 0.15) is 5.75 Å². The summed E-state index contributed by atoms with van der Waals surface area (Å²) in [7, 11) is 0. The van der Waals surface area contributed by atoms with Gasteiger partial charge in [0, 0.05) is 44.9 Å². The molecular weight excluding hydrogens is 534 g/mol. The van der Waals surface area contributed by atoms with Crippen molar-refractivity contribution < 1.29 is 9.66 Å². The van der Waals surface area contributed by atoms with Crippen molar-refractivity contribution in [2.75, 3.05) is 44.2 Å². The van der Waals surface area contributed by atoms with Crippen molar-refractivity contribution in [2.24, 2.45) is 0 Å². The standard InChI is InChI=1S/C21H21Br2N3O3S/c22-17-13-16(26(27)28)14-18(23)20(17)29-11-2-6-24-7-9-25(10-8-24)19-4-1-3-15-5-12-30-21(15)19/h1,3-5,12-14H,2,6-11H2. The number of hydrogen-bond acceptors (Lipinski definition) is 6. The van der Waals surface area contributed by atoms with E-state index in [0.717, 1.165) is 39.1 Å². The van der Waals surface area contributed by atoms with Crippen molar-refractivity contribution in [1.82, 2.24) is 4.90 Å². The van der Waals surface area contributed by atoms with Gasteiger partial charge in [-0.3, -0.25) is 15.0 Å². The van der Waals surface area contributed by atoms with Gasteiger partial charge in [-0.15, -0.1) is 11.3 Å². The fourth-order valence-electron chi connectivity index (χ4n) is 3.69. The molecule has 1 saturated heterocycles. The zero-order valence-electron chi connectivity index (χ0n) is 16.2. The minimum absolute atomic E-state index is 0.0252. The van der Waals surface area contributed by atoms with Crippen LogP contribution in [-0.2, 0) is 0 Å². The van der Waals surface area contributed by atoms with Gasteiger partial charge in [0.25, 0.3) is 5.69 Å². The van der Waals surface area contributed by atoms with Crippen molar-refractivity contribution in [3.05, 3.63) is 60.8 Å². The van der Waals surface area contributed by atoms with Crippen LogP contribution in [0.1, 0.15) is 6.42 Å². The van der Waals surface area contributed by atoms with E-state index in [1.165, 1.54) is 27.9 Å². The van der Waals surface area contributed by atoms with Crippen LogP contribution >= 0.6 is 43.2 Å². The smallest absolute Gasteiger partial charge is 0.271 e. The lowest BCUT2D eigenvalue weighted by molar-refractivity contribution is -0.385. The number of nitro benzene ring substituents is 1. The molecule has 0 atom stereocenters. The van der Waals surface area contributed by atoms with E-state index < -0.39 is 4.92 Å². The van der Waals surface area contributed by atoms with Crippen LogP contribution in [0.25, 0.3) is 10.1 Å². The number of hydrogen-bond donors (Lipinski definition) is 0. The lowest BCUT2D eigenvalue weighted by Crippen LogP contribution is -2.46. The van der Waals surface area contributed by atoms with E-state index in [9.17, 15) is 10.1 Å². The molecular formula is C21H21Br2N3O3S.